The molecule has 0 bridgehead atoms. The van der Waals surface area contributed by atoms with E-state index in [1.165, 1.54) is 77.0 Å². The Labute approximate surface area is 160 Å². The second kappa shape index (κ2) is 13.8. The maximum atomic E-state index is 12.6. The van der Waals surface area contributed by atoms with Crippen molar-refractivity contribution in [1.29, 1.82) is 0 Å². The molecule has 26 heavy (non-hydrogen) atoms. The fraction of sp³-hybridized carbons (Fsp3) is 0.708. The van der Waals surface area contributed by atoms with Crippen LogP contribution < -0.4 is 4.74 Å². The average Bonchev–Trinajstić information content (AvgIpc) is 2.66. The Morgan fingerprint density at radius 3 is 1.42 bits per heavy atom. The molecule has 1 fully saturated rings. The van der Waals surface area contributed by atoms with Gasteiger partial charge in [0.25, 0.3) is 0 Å². The van der Waals surface area contributed by atoms with Crippen LogP contribution in [-0.4, -0.2) is 5.97 Å². The van der Waals surface area contributed by atoms with Crippen LogP contribution in [0.4, 0.5) is 0 Å². The molecule has 2 heteroatoms. The molecule has 1 aromatic carbocycles. The second-order valence-electron chi connectivity index (χ2n) is 7.96. The third-order valence-corrected chi connectivity index (χ3v) is 5.65. The maximum absolute atomic E-state index is 12.6. The number of hydrogen-bond donors (Lipinski definition) is 0. The van der Waals surface area contributed by atoms with E-state index in [1.807, 2.05) is 30.3 Å². The summed E-state index contributed by atoms with van der Waals surface area (Å²) in [6.45, 7) is 0. The fourth-order valence-electron chi connectivity index (χ4n) is 3.97. The summed E-state index contributed by atoms with van der Waals surface area (Å²) in [5.74, 6) is 0.737. The minimum atomic E-state index is -0.0193. The third-order valence-electron chi connectivity index (χ3n) is 5.65. The molecule has 0 heterocycles. The predicted octanol–water partition coefficient (Wildman–Crippen LogP) is 7.46. The van der Waals surface area contributed by atoms with Crippen molar-refractivity contribution < 1.29 is 9.53 Å². The van der Waals surface area contributed by atoms with Gasteiger partial charge in [0.2, 0.25) is 0 Å². The van der Waals surface area contributed by atoms with Crippen molar-refractivity contribution in [2.75, 3.05) is 0 Å². The van der Waals surface area contributed by atoms with Gasteiger partial charge in [-0.2, -0.15) is 0 Å². The summed E-state index contributed by atoms with van der Waals surface area (Å²) in [6.07, 6.45) is 20.6. The number of carbonyl (C=O) groups is 1. The highest BCUT2D eigenvalue weighted by atomic mass is 16.5. The second-order valence-corrected chi connectivity index (χ2v) is 7.96. The van der Waals surface area contributed by atoms with Crippen molar-refractivity contribution in [3.05, 3.63) is 30.3 Å². The largest absolute Gasteiger partial charge is 0.426 e. The van der Waals surface area contributed by atoms with E-state index in [9.17, 15) is 4.79 Å². The smallest absolute Gasteiger partial charge is 0.314 e. The lowest BCUT2D eigenvalue weighted by Crippen LogP contribution is -2.20. The Bertz CT molecular complexity index is 450. The van der Waals surface area contributed by atoms with Gasteiger partial charge in [0, 0.05) is 0 Å². The Kier molecular flexibility index (Phi) is 11.2. The maximum Gasteiger partial charge on any atom is 0.314 e. The normalized spacial score (nSPS) is 20.2. The van der Waals surface area contributed by atoms with Crippen LogP contribution in [-0.2, 0) is 4.79 Å². The minimum Gasteiger partial charge on any atom is -0.426 e. The Balaban J connectivity index is 1.80. The highest BCUT2D eigenvalue weighted by Gasteiger charge is 2.20. The molecule has 0 atom stereocenters. The van der Waals surface area contributed by atoms with Gasteiger partial charge in [0.15, 0.2) is 0 Å². The zero-order chi connectivity index (χ0) is 18.3. The van der Waals surface area contributed by atoms with Crippen LogP contribution in [0, 0.1) is 5.92 Å². The molecule has 0 saturated heterocycles. The molecule has 0 spiro atoms. The first-order chi connectivity index (χ1) is 12.9. The highest BCUT2D eigenvalue weighted by molar-refractivity contribution is 5.75. The van der Waals surface area contributed by atoms with E-state index in [4.69, 9.17) is 4.74 Å². The molecule has 2 rings (SSSR count). The Morgan fingerprint density at radius 1 is 0.615 bits per heavy atom. The van der Waals surface area contributed by atoms with Gasteiger partial charge in [-0.25, -0.2) is 0 Å². The van der Waals surface area contributed by atoms with Crippen LogP contribution in [0.5, 0.6) is 5.75 Å². The van der Waals surface area contributed by atoms with Crippen LogP contribution in [0.2, 0.25) is 0 Å². The van der Waals surface area contributed by atoms with Gasteiger partial charge in [0.05, 0.1) is 5.92 Å². The molecule has 0 aliphatic heterocycles. The summed E-state index contributed by atoms with van der Waals surface area (Å²) in [6, 6.07) is 9.53. The first-order valence-corrected chi connectivity index (χ1v) is 11.1. The lowest BCUT2D eigenvalue weighted by molar-refractivity contribution is -0.139. The zero-order valence-corrected chi connectivity index (χ0v) is 16.6. The van der Waals surface area contributed by atoms with Gasteiger partial charge in [-0.1, -0.05) is 108 Å². The Morgan fingerprint density at radius 2 is 1.00 bits per heavy atom. The lowest BCUT2D eigenvalue weighted by atomic mass is 9.94. The van der Waals surface area contributed by atoms with Gasteiger partial charge in [-0.05, 0) is 25.0 Å². The topological polar surface area (TPSA) is 26.3 Å². The van der Waals surface area contributed by atoms with E-state index in [-0.39, 0.29) is 11.9 Å². The molecule has 0 radical (unpaired) electrons. The quantitative estimate of drug-likeness (QED) is 0.405. The summed E-state index contributed by atoms with van der Waals surface area (Å²) >= 11 is 0. The molecule has 146 valence electrons. The molecule has 0 aromatic heterocycles. The van der Waals surface area contributed by atoms with Crippen LogP contribution in [0.3, 0.4) is 0 Å². The van der Waals surface area contributed by atoms with E-state index >= 15 is 0 Å². The minimum absolute atomic E-state index is 0.0193. The molecule has 1 aliphatic carbocycles. The molecule has 0 N–H and O–H groups in total. The standard InChI is InChI=1S/C24H38O2/c25-24(26-23-20-16-13-17-21-23)22-18-14-11-9-7-5-3-1-2-4-6-8-10-12-15-19-22/h13,16-17,20-22H,1-12,14-15,18-19H2. The summed E-state index contributed by atoms with van der Waals surface area (Å²) in [5, 5.41) is 0. The van der Waals surface area contributed by atoms with Gasteiger partial charge in [-0.15, -0.1) is 0 Å². The van der Waals surface area contributed by atoms with Gasteiger partial charge >= 0.3 is 5.97 Å². The van der Waals surface area contributed by atoms with Gasteiger partial charge in [-0.3, -0.25) is 4.79 Å². The molecule has 2 nitrogen and oxygen atoms in total. The highest BCUT2D eigenvalue weighted by Crippen LogP contribution is 2.23. The average molecular weight is 359 g/mol. The first kappa shape index (κ1) is 21.0. The van der Waals surface area contributed by atoms with Crippen LogP contribution in [0.25, 0.3) is 0 Å². The van der Waals surface area contributed by atoms with E-state index in [1.54, 1.807) is 0 Å². The number of ether oxygens (including phenoxy) is 1. The molecule has 0 amide bonds. The van der Waals surface area contributed by atoms with Crippen molar-refractivity contribution >= 4 is 5.97 Å². The summed E-state index contributed by atoms with van der Waals surface area (Å²) in [7, 11) is 0. The lowest BCUT2D eigenvalue weighted by Gasteiger charge is -2.16. The predicted molar refractivity (Wildman–Crippen MR) is 109 cm³/mol. The van der Waals surface area contributed by atoms with Crippen LogP contribution in [0.15, 0.2) is 30.3 Å². The number of para-hydroxylation sites is 1. The fourth-order valence-corrected chi connectivity index (χ4v) is 3.97. The molecular weight excluding hydrogens is 320 g/mol. The number of hydrogen-bond acceptors (Lipinski definition) is 2. The van der Waals surface area contributed by atoms with Gasteiger partial charge < -0.3 is 4.74 Å². The van der Waals surface area contributed by atoms with Crippen LogP contribution >= 0.6 is 0 Å². The number of carbonyl (C=O) groups excluding carboxylic acids is 1. The molecule has 1 aliphatic rings. The van der Waals surface area contributed by atoms with Gasteiger partial charge in [0.1, 0.15) is 5.75 Å². The van der Waals surface area contributed by atoms with Crippen molar-refractivity contribution in [2.24, 2.45) is 5.92 Å². The number of esters is 1. The molecule has 0 unspecified atom stereocenters. The van der Waals surface area contributed by atoms with Crippen molar-refractivity contribution in [3.63, 3.8) is 0 Å². The van der Waals surface area contributed by atoms with Crippen LogP contribution in [0.1, 0.15) is 103 Å². The summed E-state index contributed by atoms with van der Waals surface area (Å²) in [4.78, 5) is 12.6. The molecule has 1 aromatic rings. The van der Waals surface area contributed by atoms with Crippen molar-refractivity contribution in [1.82, 2.24) is 0 Å². The Hall–Kier alpha value is -1.31. The number of rotatable bonds is 2. The number of benzene rings is 1. The summed E-state index contributed by atoms with van der Waals surface area (Å²) in [5.41, 5.74) is 0. The third kappa shape index (κ3) is 9.40. The SMILES string of the molecule is O=C(Oc1ccccc1)C1CCCCCCCCCCCCCCCC1. The van der Waals surface area contributed by atoms with E-state index in [2.05, 4.69) is 0 Å². The zero-order valence-electron chi connectivity index (χ0n) is 16.6. The molecule has 1 saturated carbocycles. The van der Waals surface area contributed by atoms with E-state index < -0.39 is 0 Å². The monoisotopic (exact) mass is 358 g/mol. The first-order valence-electron chi connectivity index (χ1n) is 11.1. The molecular formula is C24H38O2. The van der Waals surface area contributed by atoms with Crippen molar-refractivity contribution in [2.45, 2.75) is 103 Å². The van der Waals surface area contributed by atoms with E-state index in [0.717, 1.165) is 25.7 Å². The summed E-state index contributed by atoms with van der Waals surface area (Å²) < 4.78 is 5.64. The van der Waals surface area contributed by atoms with E-state index in [0.29, 0.717) is 5.75 Å². The van der Waals surface area contributed by atoms with Crippen molar-refractivity contribution in [3.8, 4) is 5.75 Å².